The number of hydrogen-bond donors (Lipinski definition) is 0. The summed E-state index contributed by atoms with van der Waals surface area (Å²) in [4.78, 5) is 0. The van der Waals surface area contributed by atoms with Crippen LogP contribution >= 0.6 is 0 Å². The molecule has 0 spiro atoms. The average molecular weight is 174 g/mol. The van der Waals surface area contributed by atoms with E-state index in [0.717, 1.165) is 17.7 Å². The van der Waals surface area contributed by atoms with E-state index in [4.69, 9.17) is 4.74 Å². The van der Waals surface area contributed by atoms with E-state index in [1.807, 2.05) is 42.5 Å². The van der Waals surface area contributed by atoms with Crippen LogP contribution in [0.4, 0.5) is 0 Å². The lowest BCUT2D eigenvalue weighted by atomic mass is 10.2. The molecular weight excluding hydrogens is 160 g/mol. The number of methoxy groups -OCH3 is 1. The first-order valence-electron chi connectivity index (χ1n) is 4.27. The topological polar surface area (TPSA) is 9.23 Å². The lowest BCUT2D eigenvalue weighted by Crippen LogP contribution is -1.84. The smallest absolute Gasteiger partial charge is 0.0998 e. The SMILES string of the molecule is C=CC/C(=C/c1ccccc1)OC. The van der Waals surface area contributed by atoms with Gasteiger partial charge in [0.1, 0.15) is 0 Å². The van der Waals surface area contributed by atoms with Crippen molar-refractivity contribution in [2.75, 3.05) is 7.11 Å². The third-order valence-electron chi connectivity index (χ3n) is 1.73. The largest absolute Gasteiger partial charge is 0.501 e. The standard InChI is InChI=1S/C12H14O/c1-3-7-12(13-2)10-11-8-5-4-6-9-11/h3-6,8-10H,1,7H2,2H3/b12-10-. The van der Waals surface area contributed by atoms with Crippen LogP contribution < -0.4 is 0 Å². The molecule has 0 N–H and O–H groups in total. The zero-order valence-electron chi connectivity index (χ0n) is 7.86. The van der Waals surface area contributed by atoms with Gasteiger partial charge in [-0.1, -0.05) is 36.4 Å². The summed E-state index contributed by atoms with van der Waals surface area (Å²) < 4.78 is 5.18. The Bertz CT molecular complexity index is 285. The molecule has 0 aliphatic heterocycles. The minimum atomic E-state index is 0.769. The number of ether oxygens (including phenoxy) is 1. The molecule has 1 heteroatoms. The second-order valence-electron chi connectivity index (χ2n) is 2.72. The van der Waals surface area contributed by atoms with Crippen molar-refractivity contribution in [1.82, 2.24) is 0 Å². The van der Waals surface area contributed by atoms with Gasteiger partial charge in [0, 0.05) is 6.42 Å². The Morgan fingerprint density at radius 3 is 2.62 bits per heavy atom. The van der Waals surface area contributed by atoms with Crippen molar-refractivity contribution in [3.8, 4) is 0 Å². The molecule has 1 aromatic rings. The summed E-state index contributed by atoms with van der Waals surface area (Å²) in [5.41, 5.74) is 1.15. The normalized spacial score (nSPS) is 11.0. The van der Waals surface area contributed by atoms with Gasteiger partial charge in [0.05, 0.1) is 12.9 Å². The van der Waals surface area contributed by atoms with Crippen molar-refractivity contribution in [3.63, 3.8) is 0 Å². The highest BCUT2D eigenvalue weighted by Gasteiger charge is 1.92. The Morgan fingerprint density at radius 2 is 2.08 bits per heavy atom. The number of hydrogen-bond acceptors (Lipinski definition) is 1. The van der Waals surface area contributed by atoms with E-state index in [1.165, 1.54) is 0 Å². The monoisotopic (exact) mass is 174 g/mol. The summed E-state index contributed by atoms with van der Waals surface area (Å²) in [5, 5.41) is 0. The van der Waals surface area contributed by atoms with Gasteiger partial charge in [-0.25, -0.2) is 0 Å². The van der Waals surface area contributed by atoms with Crippen molar-refractivity contribution in [1.29, 1.82) is 0 Å². The van der Waals surface area contributed by atoms with Crippen molar-refractivity contribution >= 4 is 6.08 Å². The van der Waals surface area contributed by atoms with Crippen LogP contribution in [0.25, 0.3) is 6.08 Å². The molecule has 0 bridgehead atoms. The van der Waals surface area contributed by atoms with E-state index < -0.39 is 0 Å². The summed E-state index contributed by atoms with van der Waals surface area (Å²) in [5.74, 6) is 0.932. The second kappa shape index (κ2) is 5.20. The third kappa shape index (κ3) is 3.16. The van der Waals surface area contributed by atoms with Gasteiger partial charge in [0.15, 0.2) is 0 Å². The molecule has 0 unspecified atom stereocenters. The predicted molar refractivity (Wildman–Crippen MR) is 56.2 cm³/mol. The van der Waals surface area contributed by atoms with Crippen LogP contribution in [0.2, 0.25) is 0 Å². The Hall–Kier alpha value is -1.50. The molecule has 0 radical (unpaired) electrons. The van der Waals surface area contributed by atoms with Crippen LogP contribution in [0.3, 0.4) is 0 Å². The third-order valence-corrected chi connectivity index (χ3v) is 1.73. The molecule has 1 aromatic carbocycles. The van der Waals surface area contributed by atoms with E-state index in [-0.39, 0.29) is 0 Å². The summed E-state index contributed by atoms with van der Waals surface area (Å²) >= 11 is 0. The van der Waals surface area contributed by atoms with E-state index >= 15 is 0 Å². The highest BCUT2D eigenvalue weighted by molar-refractivity contribution is 5.51. The molecule has 0 heterocycles. The van der Waals surface area contributed by atoms with Crippen molar-refractivity contribution in [3.05, 3.63) is 54.3 Å². The van der Waals surface area contributed by atoms with E-state index in [0.29, 0.717) is 0 Å². The number of rotatable bonds is 4. The lowest BCUT2D eigenvalue weighted by Gasteiger charge is -2.02. The van der Waals surface area contributed by atoms with E-state index in [2.05, 4.69) is 6.58 Å². The van der Waals surface area contributed by atoms with Crippen LogP contribution in [-0.4, -0.2) is 7.11 Å². The Morgan fingerprint density at radius 1 is 1.38 bits per heavy atom. The van der Waals surface area contributed by atoms with Gasteiger partial charge in [-0.05, 0) is 11.6 Å². The molecule has 0 saturated heterocycles. The quantitative estimate of drug-likeness (QED) is 0.503. The van der Waals surface area contributed by atoms with Crippen LogP contribution in [0.15, 0.2) is 48.7 Å². The van der Waals surface area contributed by atoms with Crippen molar-refractivity contribution in [2.24, 2.45) is 0 Å². The Balaban J connectivity index is 2.78. The number of benzene rings is 1. The molecule has 0 amide bonds. The average Bonchev–Trinajstić information content (AvgIpc) is 2.19. The molecule has 1 nitrogen and oxygen atoms in total. The molecule has 1 rings (SSSR count). The molecule has 13 heavy (non-hydrogen) atoms. The zero-order chi connectivity index (χ0) is 9.52. The predicted octanol–water partition coefficient (Wildman–Crippen LogP) is 3.25. The fourth-order valence-electron chi connectivity index (χ4n) is 1.08. The van der Waals surface area contributed by atoms with Crippen molar-refractivity contribution in [2.45, 2.75) is 6.42 Å². The maximum Gasteiger partial charge on any atom is 0.0998 e. The summed E-state index contributed by atoms with van der Waals surface area (Å²) in [7, 11) is 1.68. The molecule has 0 saturated carbocycles. The minimum Gasteiger partial charge on any atom is -0.501 e. The molecular formula is C12H14O. The summed E-state index contributed by atoms with van der Waals surface area (Å²) in [6, 6.07) is 10.1. The first-order valence-corrected chi connectivity index (χ1v) is 4.27. The van der Waals surface area contributed by atoms with Gasteiger partial charge >= 0.3 is 0 Å². The van der Waals surface area contributed by atoms with Gasteiger partial charge in [-0.15, -0.1) is 6.58 Å². The molecule has 0 aliphatic rings. The first kappa shape index (κ1) is 9.59. The van der Waals surface area contributed by atoms with Crippen LogP contribution in [0, 0.1) is 0 Å². The molecule has 0 aliphatic carbocycles. The fourth-order valence-corrected chi connectivity index (χ4v) is 1.08. The van der Waals surface area contributed by atoms with Gasteiger partial charge in [-0.3, -0.25) is 0 Å². The van der Waals surface area contributed by atoms with Crippen LogP contribution in [0.5, 0.6) is 0 Å². The second-order valence-corrected chi connectivity index (χ2v) is 2.72. The molecule has 0 aromatic heterocycles. The maximum atomic E-state index is 5.18. The number of allylic oxidation sites excluding steroid dienone is 1. The van der Waals surface area contributed by atoms with E-state index in [1.54, 1.807) is 7.11 Å². The highest BCUT2D eigenvalue weighted by atomic mass is 16.5. The summed E-state index contributed by atoms with van der Waals surface area (Å²) in [6.07, 6.45) is 4.62. The molecule has 0 atom stereocenters. The fraction of sp³-hybridized carbons (Fsp3) is 0.167. The highest BCUT2D eigenvalue weighted by Crippen LogP contribution is 2.10. The Kier molecular flexibility index (Phi) is 3.83. The summed E-state index contributed by atoms with van der Waals surface area (Å²) in [6.45, 7) is 3.67. The molecule has 68 valence electrons. The van der Waals surface area contributed by atoms with Crippen LogP contribution in [0.1, 0.15) is 12.0 Å². The van der Waals surface area contributed by atoms with Gasteiger partial charge in [0.2, 0.25) is 0 Å². The molecule has 0 fully saturated rings. The lowest BCUT2D eigenvalue weighted by molar-refractivity contribution is 0.289. The van der Waals surface area contributed by atoms with Gasteiger partial charge in [0.25, 0.3) is 0 Å². The first-order chi connectivity index (χ1) is 6.36. The van der Waals surface area contributed by atoms with E-state index in [9.17, 15) is 0 Å². The van der Waals surface area contributed by atoms with Crippen LogP contribution in [-0.2, 0) is 4.74 Å². The van der Waals surface area contributed by atoms with Gasteiger partial charge < -0.3 is 4.74 Å². The minimum absolute atomic E-state index is 0.769. The van der Waals surface area contributed by atoms with Gasteiger partial charge in [-0.2, -0.15) is 0 Å². The van der Waals surface area contributed by atoms with Crippen molar-refractivity contribution < 1.29 is 4.74 Å². The Labute approximate surface area is 79.4 Å². The maximum absolute atomic E-state index is 5.18. The zero-order valence-corrected chi connectivity index (χ0v) is 7.86.